The summed E-state index contributed by atoms with van der Waals surface area (Å²) in [7, 11) is 0. The monoisotopic (exact) mass is 451 g/mol. The molecule has 6 nitrogen and oxygen atoms in total. The number of rotatable bonds is 6. The Morgan fingerprint density at radius 3 is 2.12 bits per heavy atom. The molecule has 0 unspecified atom stereocenters. The van der Waals surface area contributed by atoms with E-state index < -0.39 is 0 Å². The fourth-order valence-corrected chi connectivity index (χ4v) is 4.33. The Kier molecular flexibility index (Phi) is 7.26. The number of nitrogens with zero attached hydrogens (tertiary/aromatic N) is 3. The minimum absolute atomic E-state index is 0.0667. The number of hydrogen-bond donors (Lipinski definition) is 2. The van der Waals surface area contributed by atoms with E-state index in [1.165, 1.54) is 17.3 Å². The number of carbonyl (C=O) groups is 1. The van der Waals surface area contributed by atoms with Crippen LogP contribution in [0.15, 0.2) is 90.6 Å². The number of hydrogen-bond acceptors (Lipinski definition) is 5. The first-order chi connectivity index (χ1) is 16.6. The van der Waals surface area contributed by atoms with E-state index in [4.69, 9.17) is 5.73 Å². The molecule has 0 saturated carbocycles. The second kappa shape index (κ2) is 10.7. The van der Waals surface area contributed by atoms with Crippen LogP contribution in [0.2, 0.25) is 0 Å². The van der Waals surface area contributed by atoms with E-state index in [2.05, 4.69) is 58.7 Å². The van der Waals surface area contributed by atoms with Crippen LogP contribution in [0.3, 0.4) is 0 Å². The summed E-state index contributed by atoms with van der Waals surface area (Å²) in [5.41, 5.74) is 10.8. The molecular weight excluding hydrogens is 422 g/mol. The van der Waals surface area contributed by atoms with E-state index in [1.54, 1.807) is 11.0 Å². The second-order valence-corrected chi connectivity index (χ2v) is 8.46. The van der Waals surface area contributed by atoms with Gasteiger partial charge in [0.05, 0.1) is 17.4 Å². The van der Waals surface area contributed by atoms with Crippen LogP contribution in [-0.2, 0) is 4.79 Å². The molecule has 34 heavy (non-hydrogen) atoms. The molecule has 1 aliphatic rings. The van der Waals surface area contributed by atoms with E-state index in [0.717, 1.165) is 18.7 Å². The van der Waals surface area contributed by atoms with Gasteiger partial charge in [-0.1, -0.05) is 66.7 Å². The fraction of sp³-hybridized carbons (Fsp3) is 0.214. The van der Waals surface area contributed by atoms with E-state index in [-0.39, 0.29) is 17.5 Å². The van der Waals surface area contributed by atoms with Crippen molar-refractivity contribution < 1.29 is 4.79 Å². The molecule has 1 aliphatic heterocycles. The van der Waals surface area contributed by atoms with Crippen molar-refractivity contribution in [2.45, 2.75) is 13.0 Å². The minimum atomic E-state index is -0.267. The lowest BCUT2D eigenvalue weighted by atomic mass is 9.96. The summed E-state index contributed by atoms with van der Waals surface area (Å²) < 4.78 is 0. The summed E-state index contributed by atoms with van der Waals surface area (Å²) in [6, 6.07) is 28.6. The molecule has 1 fully saturated rings. The number of amides is 1. The molecule has 3 aromatic carbocycles. The van der Waals surface area contributed by atoms with Gasteiger partial charge in [0, 0.05) is 32.4 Å². The molecular formula is C28H29N5O. The van der Waals surface area contributed by atoms with E-state index in [1.807, 2.05) is 37.3 Å². The number of nitrogens with two attached hydrogens (primary N) is 1. The molecule has 0 aromatic heterocycles. The van der Waals surface area contributed by atoms with Crippen LogP contribution in [0.25, 0.3) is 0 Å². The van der Waals surface area contributed by atoms with Crippen molar-refractivity contribution in [1.82, 2.24) is 9.80 Å². The average molecular weight is 452 g/mol. The molecule has 0 atom stereocenters. The van der Waals surface area contributed by atoms with Crippen LogP contribution in [0, 0.1) is 18.3 Å². The van der Waals surface area contributed by atoms with Gasteiger partial charge in [-0.3, -0.25) is 9.69 Å². The van der Waals surface area contributed by atoms with Crippen molar-refractivity contribution >= 4 is 17.3 Å². The van der Waals surface area contributed by atoms with Crippen LogP contribution < -0.4 is 11.1 Å². The Morgan fingerprint density at radius 1 is 0.971 bits per heavy atom. The van der Waals surface area contributed by atoms with Crippen molar-refractivity contribution in [3.05, 3.63) is 107 Å². The minimum Gasteiger partial charge on any atom is -0.397 e. The molecule has 3 N–H and O–H groups in total. The number of nitrogens with one attached hydrogen (secondary N) is 1. The van der Waals surface area contributed by atoms with Crippen LogP contribution in [0.1, 0.15) is 22.7 Å². The summed E-state index contributed by atoms with van der Waals surface area (Å²) in [5, 5.41) is 12.6. The fourth-order valence-electron chi connectivity index (χ4n) is 4.33. The highest BCUT2D eigenvalue weighted by molar-refractivity contribution is 5.97. The zero-order valence-corrected chi connectivity index (χ0v) is 19.3. The van der Waals surface area contributed by atoms with Gasteiger partial charge in [-0.15, -0.1) is 0 Å². The maximum Gasteiger partial charge on any atom is 0.266 e. The summed E-state index contributed by atoms with van der Waals surface area (Å²) in [4.78, 5) is 17.2. The lowest BCUT2D eigenvalue weighted by Gasteiger charge is -2.39. The van der Waals surface area contributed by atoms with Crippen LogP contribution in [-0.4, -0.2) is 41.9 Å². The van der Waals surface area contributed by atoms with E-state index in [9.17, 15) is 10.1 Å². The number of nitriles is 1. The third-order valence-corrected chi connectivity index (χ3v) is 6.13. The Labute approximate surface area is 200 Å². The van der Waals surface area contributed by atoms with Gasteiger partial charge < -0.3 is 16.0 Å². The number of piperazine rings is 1. The third-order valence-electron chi connectivity index (χ3n) is 6.13. The summed E-state index contributed by atoms with van der Waals surface area (Å²) in [6.45, 7) is 4.51. The van der Waals surface area contributed by atoms with Crippen LogP contribution in [0.4, 0.5) is 11.4 Å². The van der Waals surface area contributed by atoms with Gasteiger partial charge >= 0.3 is 0 Å². The molecule has 4 rings (SSSR count). The van der Waals surface area contributed by atoms with Gasteiger partial charge in [-0.2, -0.15) is 5.26 Å². The number of anilines is 2. The van der Waals surface area contributed by atoms with E-state index >= 15 is 0 Å². The molecule has 3 aromatic rings. The molecule has 0 bridgehead atoms. The SMILES string of the molecule is Cc1ccc(N)c(N/C=C(/C#N)C(=O)N2CCN(C(c3ccccc3)c3ccccc3)CC2)c1. The van der Waals surface area contributed by atoms with Crippen molar-refractivity contribution in [2.24, 2.45) is 0 Å². The smallest absolute Gasteiger partial charge is 0.266 e. The first kappa shape index (κ1) is 23.1. The molecule has 0 radical (unpaired) electrons. The number of carbonyl (C=O) groups excluding carboxylic acids is 1. The summed E-state index contributed by atoms with van der Waals surface area (Å²) in [5.74, 6) is -0.267. The van der Waals surface area contributed by atoms with E-state index in [0.29, 0.717) is 24.5 Å². The standard InChI is InChI=1S/C28H29N5O/c1-21-12-13-25(30)26(18-21)31-20-24(19-29)28(34)33-16-14-32(15-17-33)27(22-8-4-2-5-9-22)23-10-6-3-7-11-23/h2-13,18,20,27,31H,14-17,30H2,1H3/b24-20-. The maximum atomic E-state index is 13.1. The van der Waals surface area contributed by atoms with Crippen LogP contribution in [0.5, 0.6) is 0 Å². The number of nitrogen functional groups attached to an aromatic ring is 1. The molecule has 0 spiro atoms. The van der Waals surface area contributed by atoms with Gasteiger partial charge in [-0.25, -0.2) is 0 Å². The van der Waals surface area contributed by atoms with Crippen molar-refractivity contribution in [3.8, 4) is 6.07 Å². The van der Waals surface area contributed by atoms with Gasteiger partial charge in [-0.05, 0) is 35.7 Å². The first-order valence-electron chi connectivity index (χ1n) is 11.4. The third kappa shape index (κ3) is 5.28. The highest BCUT2D eigenvalue weighted by Crippen LogP contribution is 2.29. The molecule has 1 heterocycles. The van der Waals surface area contributed by atoms with Gasteiger partial charge in [0.1, 0.15) is 11.6 Å². The van der Waals surface area contributed by atoms with Gasteiger partial charge in [0.15, 0.2) is 0 Å². The highest BCUT2D eigenvalue weighted by Gasteiger charge is 2.29. The Balaban J connectivity index is 1.46. The lowest BCUT2D eigenvalue weighted by molar-refractivity contribution is -0.128. The zero-order chi connectivity index (χ0) is 23.9. The average Bonchev–Trinajstić information content (AvgIpc) is 2.88. The molecule has 0 aliphatic carbocycles. The first-order valence-corrected chi connectivity index (χ1v) is 11.4. The topological polar surface area (TPSA) is 85.4 Å². The Hall–Kier alpha value is -4.08. The molecule has 1 amide bonds. The largest absolute Gasteiger partial charge is 0.397 e. The number of aryl methyl sites for hydroxylation is 1. The van der Waals surface area contributed by atoms with Crippen molar-refractivity contribution in [2.75, 3.05) is 37.2 Å². The second-order valence-electron chi connectivity index (χ2n) is 8.46. The lowest BCUT2D eigenvalue weighted by Crippen LogP contribution is -2.50. The van der Waals surface area contributed by atoms with Crippen molar-refractivity contribution in [3.63, 3.8) is 0 Å². The normalized spacial score (nSPS) is 14.6. The molecule has 172 valence electrons. The highest BCUT2D eigenvalue weighted by atomic mass is 16.2. The van der Waals surface area contributed by atoms with Crippen molar-refractivity contribution in [1.29, 1.82) is 5.26 Å². The van der Waals surface area contributed by atoms with Crippen LogP contribution >= 0.6 is 0 Å². The summed E-state index contributed by atoms with van der Waals surface area (Å²) in [6.07, 6.45) is 1.45. The quantitative estimate of drug-likeness (QED) is 0.331. The van der Waals surface area contributed by atoms with Gasteiger partial charge in [0.25, 0.3) is 5.91 Å². The molecule has 1 saturated heterocycles. The molecule has 6 heteroatoms. The number of benzene rings is 3. The van der Waals surface area contributed by atoms with Gasteiger partial charge in [0.2, 0.25) is 0 Å². The summed E-state index contributed by atoms with van der Waals surface area (Å²) >= 11 is 0. The zero-order valence-electron chi connectivity index (χ0n) is 19.3. The Bertz CT molecular complexity index is 1150. The maximum absolute atomic E-state index is 13.1. The predicted molar refractivity (Wildman–Crippen MR) is 136 cm³/mol. The predicted octanol–water partition coefficient (Wildman–Crippen LogP) is 4.33. The Morgan fingerprint density at radius 2 is 1.56 bits per heavy atom.